The second-order valence-corrected chi connectivity index (χ2v) is 6.16. The topological polar surface area (TPSA) is 9.23 Å². The predicted octanol–water partition coefficient (Wildman–Crippen LogP) is 6.22. The summed E-state index contributed by atoms with van der Waals surface area (Å²) in [6, 6.07) is 12.7. The molecule has 0 saturated heterocycles. The van der Waals surface area contributed by atoms with Gasteiger partial charge in [-0.25, -0.2) is 0 Å². The van der Waals surface area contributed by atoms with Crippen LogP contribution in [0.25, 0.3) is 10.8 Å². The monoisotopic (exact) mass is 294 g/mol. The number of allylic oxidation sites excluding steroid dienone is 3. The molecule has 0 amide bonds. The lowest BCUT2D eigenvalue weighted by molar-refractivity contribution is 0.366. The number of aryl methyl sites for hydroxylation is 1. The van der Waals surface area contributed by atoms with E-state index >= 15 is 0 Å². The zero-order valence-corrected chi connectivity index (χ0v) is 14.1. The van der Waals surface area contributed by atoms with Crippen molar-refractivity contribution in [2.24, 2.45) is 0 Å². The van der Waals surface area contributed by atoms with Crippen LogP contribution in [0.15, 0.2) is 59.7 Å². The van der Waals surface area contributed by atoms with Crippen molar-refractivity contribution in [2.75, 3.05) is 6.61 Å². The zero-order chi connectivity index (χ0) is 15.9. The first-order valence-electron chi connectivity index (χ1n) is 7.97. The summed E-state index contributed by atoms with van der Waals surface area (Å²) in [6.07, 6.45) is 6.68. The van der Waals surface area contributed by atoms with E-state index in [2.05, 4.69) is 70.2 Å². The van der Waals surface area contributed by atoms with Crippen LogP contribution in [-0.2, 0) is 0 Å². The van der Waals surface area contributed by atoms with E-state index in [0.717, 1.165) is 18.6 Å². The molecule has 0 aromatic heterocycles. The van der Waals surface area contributed by atoms with Crippen molar-refractivity contribution < 1.29 is 4.74 Å². The SMILES string of the molecule is CC(C)=CCC/C(C)=C/COc1cccc2ccc(C)cc12. The molecule has 2 aromatic rings. The highest BCUT2D eigenvalue weighted by molar-refractivity contribution is 5.88. The highest BCUT2D eigenvalue weighted by Gasteiger charge is 2.01. The average molecular weight is 294 g/mol. The van der Waals surface area contributed by atoms with Crippen LogP contribution in [0.3, 0.4) is 0 Å². The van der Waals surface area contributed by atoms with Crippen LogP contribution in [-0.4, -0.2) is 6.61 Å². The van der Waals surface area contributed by atoms with Crippen molar-refractivity contribution >= 4 is 10.8 Å². The van der Waals surface area contributed by atoms with E-state index < -0.39 is 0 Å². The van der Waals surface area contributed by atoms with Gasteiger partial charge in [-0.05, 0) is 64.1 Å². The Hall–Kier alpha value is -2.02. The highest BCUT2D eigenvalue weighted by Crippen LogP contribution is 2.26. The number of hydrogen-bond acceptors (Lipinski definition) is 1. The lowest BCUT2D eigenvalue weighted by Crippen LogP contribution is -1.95. The van der Waals surface area contributed by atoms with Gasteiger partial charge in [0.2, 0.25) is 0 Å². The van der Waals surface area contributed by atoms with E-state index in [-0.39, 0.29) is 0 Å². The molecule has 0 unspecified atom stereocenters. The van der Waals surface area contributed by atoms with Crippen LogP contribution in [0.2, 0.25) is 0 Å². The van der Waals surface area contributed by atoms with Crippen LogP contribution < -0.4 is 4.74 Å². The number of hydrogen-bond donors (Lipinski definition) is 0. The summed E-state index contributed by atoms with van der Waals surface area (Å²) >= 11 is 0. The maximum Gasteiger partial charge on any atom is 0.127 e. The molecule has 0 bridgehead atoms. The van der Waals surface area contributed by atoms with Gasteiger partial charge in [-0.3, -0.25) is 0 Å². The fourth-order valence-corrected chi connectivity index (χ4v) is 2.45. The minimum atomic E-state index is 0.633. The molecule has 0 fully saturated rings. The standard InChI is InChI=1S/C21H26O/c1-16(2)7-5-8-17(3)13-14-22-21-10-6-9-19-12-11-18(4)15-20(19)21/h6-7,9-13,15H,5,8,14H2,1-4H3/b17-13+. The van der Waals surface area contributed by atoms with E-state index in [1.165, 1.54) is 27.5 Å². The first-order valence-corrected chi connectivity index (χ1v) is 7.97. The Bertz CT molecular complexity index is 688. The maximum absolute atomic E-state index is 5.98. The first kappa shape index (κ1) is 16.4. The molecule has 0 spiro atoms. The van der Waals surface area contributed by atoms with Gasteiger partial charge in [0, 0.05) is 5.39 Å². The van der Waals surface area contributed by atoms with Crippen molar-refractivity contribution in [3.63, 3.8) is 0 Å². The van der Waals surface area contributed by atoms with E-state index in [4.69, 9.17) is 4.74 Å². The summed E-state index contributed by atoms with van der Waals surface area (Å²) in [5, 5.41) is 2.42. The van der Waals surface area contributed by atoms with Gasteiger partial charge in [-0.2, -0.15) is 0 Å². The normalized spacial score (nSPS) is 11.5. The van der Waals surface area contributed by atoms with Gasteiger partial charge < -0.3 is 4.74 Å². The van der Waals surface area contributed by atoms with E-state index in [0.29, 0.717) is 6.61 Å². The second kappa shape index (κ2) is 7.84. The Kier molecular flexibility index (Phi) is 5.83. The summed E-state index contributed by atoms with van der Waals surface area (Å²) in [7, 11) is 0. The van der Waals surface area contributed by atoms with E-state index in [1.807, 2.05) is 6.07 Å². The molecule has 2 rings (SSSR count). The molecule has 22 heavy (non-hydrogen) atoms. The molecule has 0 heterocycles. The quantitative estimate of drug-likeness (QED) is 0.575. The van der Waals surface area contributed by atoms with Crippen LogP contribution >= 0.6 is 0 Å². The highest BCUT2D eigenvalue weighted by atomic mass is 16.5. The summed E-state index contributed by atoms with van der Waals surface area (Å²) < 4.78 is 5.98. The molecule has 0 saturated carbocycles. The van der Waals surface area contributed by atoms with Crippen molar-refractivity contribution in [1.29, 1.82) is 0 Å². The molecule has 0 aliphatic rings. The van der Waals surface area contributed by atoms with E-state index in [9.17, 15) is 0 Å². The lowest BCUT2D eigenvalue weighted by Gasteiger charge is -2.09. The lowest BCUT2D eigenvalue weighted by atomic mass is 10.1. The molecule has 0 atom stereocenters. The largest absolute Gasteiger partial charge is 0.489 e. The second-order valence-electron chi connectivity index (χ2n) is 6.16. The third kappa shape index (κ3) is 4.77. The first-order chi connectivity index (χ1) is 10.6. The van der Waals surface area contributed by atoms with Crippen molar-refractivity contribution in [2.45, 2.75) is 40.5 Å². The number of ether oxygens (including phenoxy) is 1. The number of fused-ring (bicyclic) bond motifs is 1. The molecule has 0 N–H and O–H groups in total. The fraction of sp³-hybridized carbons (Fsp3) is 0.333. The minimum absolute atomic E-state index is 0.633. The van der Waals surface area contributed by atoms with Crippen molar-refractivity contribution in [1.82, 2.24) is 0 Å². The van der Waals surface area contributed by atoms with E-state index in [1.54, 1.807) is 0 Å². The van der Waals surface area contributed by atoms with Gasteiger partial charge >= 0.3 is 0 Å². The average Bonchev–Trinajstić information content (AvgIpc) is 2.47. The summed E-state index contributed by atoms with van der Waals surface area (Å²) in [6.45, 7) is 9.21. The van der Waals surface area contributed by atoms with Crippen molar-refractivity contribution in [3.05, 3.63) is 65.3 Å². The van der Waals surface area contributed by atoms with Crippen molar-refractivity contribution in [3.8, 4) is 5.75 Å². The van der Waals surface area contributed by atoms with Crippen LogP contribution in [0.1, 0.15) is 39.2 Å². The summed E-state index contributed by atoms with van der Waals surface area (Å²) in [4.78, 5) is 0. The maximum atomic E-state index is 5.98. The Labute approximate surface area is 134 Å². The van der Waals surface area contributed by atoms with Crippen LogP contribution in [0.4, 0.5) is 0 Å². The zero-order valence-electron chi connectivity index (χ0n) is 14.1. The predicted molar refractivity (Wildman–Crippen MR) is 96.6 cm³/mol. The molecule has 0 radical (unpaired) electrons. The Morgan fingerprint density at radius 2 is 1.86 bits per heavy atom. The van der Waals surface area contributed by atoms with Gasteiger partial charge in [-0.1, -0.05) is 47.1 Å². The van der Waals surface area contributed by atoms with Gasteiger partial charge in [-0.15, -0.1) is 0 Å². The number of rotatable bonds is 6. The number of benzene rings is 2. The smallest absolute Gasteiger partial charge is 0.127 e. The molecule has 1 nitrogen and oxygen atoms in total. The fourth-order valence-electron chi connectivity index (χ4n) is 2.45. The van der Waals surface area contributed by atoms with Crippen LogP contribution in [0, 0.1) is 6.92 Å². The third-order valence-corrected chi connectivity index (χ3v) is 3.76. The van der Waals surface area contributed by atoms with Gasteiger partial charge in [0.1, 0.15) is 12.4 Å². The Morgan fingerprint density at radius 3 is 2.64 bits per heavy atom. The molecule has 1 heteroatoms. The molecule has 0 aliphatic heterocycles. The molecular weight excluding hydrogens is 268 g/mol. The Balaban J connectivity index is 2.00. The van der Waals surface area contributed by atoms with Crippen LogP contribution in [0.5, 0.6) is 5.75 Å². The molecule has 2 aromatic carbocycles. The molecular formula is C21H26O. The minimum Gasteiger partial charge on any atom is -0.489 e. The summed E-state index contributed by atoms with van der Waals surface area (Å²) in [5.74, 6) is 0.967. The van der Waals surface area contributed by atoms with Gasteiger partial charge in [0.25, 0.3) is 0 Å². The molecule has 116 valence electrons. The molecule has 0 aliphatic carbocycles. The van der Waals surface area contributed by atoms with Gasteiger partial charge in [0.05, 0.1) is 0 Å². The van der Waals surface area contributed by atoms with Gasteiger partial charge in [0.15, 0.2) is 0 Å². The third-order valence-electron chi connectivity index (χ3n) is 3.76. The summed E-state index contributed by atoms with van der Waals surface area (Å²) in [5.41, 5.74) is 4.03. The Morgan fingerprint density at radius 1 is 1.05 bits per heavy atom.